The molecular weight excluding hydrogens is 250 g/mol. The lowest BCUT2D eigenvalue weighted by Crippen LogP contribution is -2.56. The highest BCUT2D eigenvalue weighted by molar-refractivity contribution is 4.86. The second kappa shape index (κ2) is 7.21. The molecule has 0 spiro atoms. The molecule has 0 amide bonds. The summed E-state index contributed by atoms with van der Waals surface area (Å²) in [5, 5.41) is 3.47. The average Bonchev–Trinajstić information content (AvgIpc) is 2.51. The summed E-state index contributed by atoms with van der Waals surface area (Å²) >= 11 is 0. The van der Waals surface area contributed by atoms with Gasteiger partial charge in [0.1, 0.15) is 0 Å². The normalized spacial score (nSPS) is 32.5. The van der Waals surface area contributed by atoms with Crippen molar-refractivity contribution in [2.24, 2.45) is 5.92 Å². The van der Waals surface area contributed by atoms with Crippen LogP contribution >= 0.6 is 0 Å². The highest BCUT2D eigenvalue weighted by Crippen LogP contribution is 2.21. The van der Waals surface area contributed by atoms with Crippen LogP contribution in [0.3, 0.4) is 0 Å². The Kier molecular flexibility index (Phi) is 5.32. The molecule has 0 aromatic rings. The monoisotopic (exact) mass is 281 g/mol. The van der Waals surface area contributed by atoms with E-state index in [2.05, 4.69) is 22.0 Å². The lowest BCUT2D eigenvalue weighted by molar-refractivity contribution is -0.00588. The zero-order valence-corrected chi connectivity index (χ0v) is 13.0. The molecule has 0 bridgehead atoms. The van der Waals surface area contributed by atoms with E-state index in [1.54, 1.807) is 0 Å². The van der Waals surface area contributed by atoms with Crippen molar-refractivity contribution >= 4 is 0 Å². The lowest BCUT2D eigenvalue weighted by atomic mass is 9.96. The first-order valence-electron chi connectivity index (χ1n) is 8.59. The second-order valence-electron chi connectivity index (χ2n) is 6.88. The third-order valence-electron chi connectivity index (χ3n) is 5.46. The molecule has 116 valence electrons. The van der Waals surface area contributed by atoms with Gasteiger partial charge in [-0.2, -0.15) is 0 Å². The Bertz CT molecular complexity index is 287. The van der Waals surface area contributed by atoms with E-state index in [9.17, 15) is 0 Å². The van der Waals surface area contributed by atoms with Gasteiger partial charge in [0.15, 0.2) is 0 Å². The molecule has 3 aliphatic rings. The lowest BCUT2D eigenvalue weighted by Gasteiger charge is -2.45. The molecule has 0 aliphatic carbocycles. The fraction of sp³-hybridized carbons (Fsp3) is 1.00. The first kappa shape index (κ1) is 14.8. The maximum Gasteiger partial charge on any atom is 0.0480 e. The van der Waals surface area contributed by atoms with Gasteiger partial charge in [0, 0.05) is 51.5 Å². The quantitative estimate of drug-likeness (QED) is 0.840. The van der Waals surface area contributed by atoms with Gasteiger partial charge in [-0.25, -0.2) is 0 Å². The van der Waals surface area contributed by atoms with Crippen molar-refractivity contribution < 1.29 is 4.74 Å². The summed E-state index contributed by atoms with van der Waals surface area (Å²) in [4.78, 5) is 5.47. The molecule has 0 unspecified atom stereocenters. The summed E-state index contributed by atoms with van der Waals surface area (Å²) < 4.78 is 5.50. The molecule has 4 heteroatoms. The Hall–Kier alpha value is -0.160. The zero-order chi connectivity index (χ0) is 13.8. The predicted molar refractivity (Wildman–Crippen MR) is 82.0 cm³/mol. The Morgan fingerprint density at radius 2 is 1.80 bits per heavy atom. The van der Waals surface area contributed by atoms with Gasteiger partial charge >= 0.3 is 0 Å². The fourth-order valence-electron chi connectivity index (χ4n) is 4.07. The third-order valence-corrected chi connectivity index (χ3v) is 5.46. The molecule has 3 aliphatic heterocycles. The molecule has 1 N–H and O–H groups in total. The van der Waals surface area contributed by atoms with Crippen molar-refractivity contribution in [3.05, 3.63) is 0 Å². The van der Waals surface area contributed by atoms with Gasteiger partial charge in [0.05, 0.1) is 0 Å². The zero-order valence-electron chi connectivity index (χ0n) is 13.0. The molecule has 3 fully saturated rings. The van der Waals surface area contributed by atoms with E-state index in [0.29, 0.717) is 0 Å². The van der Waals surface area contributed by atoms with Crippen LogP contribution in [-0.2, 0) is 4.74 Å². The SMILES string of the molecule is C[C@@H]1CN(C2CCOCC2)CCN1CC1CCNCC1. The van der Waals surface area contributed by atoms with E-state index < -0.39 is 0 Å². The molecule has 0 radical (unpaired) electrons. The van der Waals surface area contributed by atoms with Crippen molar-refractivity contribution in [3.63, 3.8) is 0 Å². The molecule has 0 aromatic carbocycles. The van der Waals surface area contributed by atoms with Gasteiger partial charge in [0.2, 0.25) is 0 Å². The van der Waals surface area contributed by atoms with E-state index in [4.69, 9.17) is 4.74 Å². The topological polar surface area (TPSA) is 27.7 Å². The van der Waals surface area contributed by atoms with Crippen molar-refractivity contribution in [1.29, 1.82) is 0 Å². The van der Waals surface area contributed by atoms with Gasteiger partial charge in [-0.15, -0.1) is 0 Å². The van der Waals surface area contributed by atoms with Crippen LogP contribution in [0.5, 0.6) is 0 Å². The Balaban J connectivity index is 1.46. The summed E-state index contributed by atoms with van der Waals surface area (Å²) in [7, 11) is 0. The number of piperazine rings is 1. The van der Waals surface area contributed by atoms with E-state index in [1.165, 1.54) is 65.0 Å². The first-order valence-corrected chi connectivity index (χ1v) is 8.59. The molecular formula is C16H31N3O. The third kappa shape index (κ3) is 3.73. The summed E-state index contributed by atoms with van der Waals surface area (Å²) in [5.74, 6) is 0.924. The van der Waals surface area contributed by atoms with Crippen molar-refractivity contribution in [2.45, 2.75) is 44.7 Å². The number of nitrogens with one attached hydrogen (secondary N) is 1. The molecule has 0 saturated carbocycles. The standard InChI is InChI=1S/C16H31N3O/c1-14-12-19(16-4-10-20-11-5-16)9-8-18(14)13-15-2-6-17-7-3-15/h14-17H,2-13H2,1H3/t14-/m1/s1. The van der Waals surface area contributed by atoms with E-state index in [-0.39, 0.29) is 0 Å². The van der Waals surface area contributed by atoms with E-state index >= 15 is 0 Å². The second-order valence-corrected chi connectivity index (χ2v) is 6.88. The molecule has 4 nitrogen and oxygen atoms in total. The summed E-state index contributed by atoms with van der Waals surface area (Å²) in [6.07, 6.45) is 5.21. The number of rotatable bonds is 3. The minimum atomic E-state index is 0.724. The van der Waals surface area contributed by atoms with Crippen molar-refractivity contribution in [2.75, 3.05) is 52.5 Å². The Morgan fingerprint density at radius 3 is 2.50 bits per heavy atom. The van der Waals surface area contributed by atoms with Crippen LogP contribution in [0.4, 0.5) is 0 Å². The Labute approximate surface area is 123 Å². The minimum Gasteiger partial charge on any atom is -0.381 e. The molecule has 20 heavy (non-hydrogen) atoms. The van der Waals surface area contributed by atoms with E-state index in [0.717, 1.165) is 31.2 Å². The van der Waals surface area contributed by atoms with Crippen LogP contribution < -0.4 is 5.32 Å². The maximum atomic E-state index is 5.50. The molecule has 0 aromatic heterocycles. The summed E-state index contributed by atoms with van der Waals surface area (Å²) in [5.41, 5.74) is 0. The van der Waals surface area contributed by atoms with Crippen LogP contribution in [0.25, 0.3) is 0 Å². The molecule has 3 saturated heterocycles. The smallest absolute Gasteiger partial charge is 0.0480 e. The summed E-state index contributed by atoms with van der Waals surface area (Å²) in [6.45, 7) is 11.9. The van der Waals surface area contributed by atoms with Gasteiger partial charge in [-0.05, 0) is 51.6 Å². The van der Waals surface area contributed by atoms with Crippen LogP contribution in [0.2, 0.25) is 0 Å². The average molecular weight is 281 g/mol. The van der Waals surface area contributed by atoms with Crippen LogP contribution in [-0.4, -0.2) is 74.4 Å². The van der Waals surface area contributed by atoms with Gasteiger partial charge < -0.3 is 10.1 Å². The number of nitrogens with zero attached hydrogens (tertiary/aromatic N) is 2. The predicted octanol–water partition coefficient (Wildman–Crippen LogP) is 1.17. The van der Waals surface area contributed by atoms with Crippen LogP contribution in [0.15, 0.2) is 0 Å². The number of piperidine rings is 1. The molecule has 3 heterocycles. The van der Waals surface area contributed by atoms with Crippen LogP contribution in [0, 0.1) is 5.92 Å². The van der Waals surface area contributed by atoms with Gasteiger partial charge in [-0.3, -0.25) is 9.80 Å². The minimum absolute atomic E-state index is 0.724. The maximum absolute atomic E-state index is 5.50. The van der Waals surface area contributed by atoms with E-state index in [1.807, 2.05) is 0 Å². The van der Waals surface area contributed by atoms with Crippen LogP contribution in [0.1, 0.15) is 32.6 Å². The largest absolute Gasteiger partial charge is 0.381 e. The van der Waals surface area contributed by atoms with Crippen molar-refractivity contribution in [1.82, 2.24) is 15.1 Å². The molecule has 1 atom stereocenters. The highest BCUT2D eigenvalue weighted by Gasteiger charge is 2.30. The Morgan fingerprint density at radius 1 is 1.05 bits per heavy atom. The first-order chi connectivity index (χ1) is 9.83. The van der Waals surface area contributed by atoms with Gasteiger partial charge in [-0.1, -0.05) is 0 Å². The van der Waals surface area contributed by atoms with Crippen molar-refractivity contribution in [3.8, 4) is 0 Å². The number of ether oxygens (including phenoxy) is 1. The number of hydrogen-bond acceptors (Lipinski definition) is 4. The highest BCUT2D eigenvalue weighted by atomic mass is 16.5. The number of hydrogen-bond donors (Lipinski definition) is 1. The fourth-order valence-corrected chi connectivity index (χ4v) is 4.07. The molecule has 3 rings (SSSR count). The summed E-state index contributed by atoms with van der Waals surface area (Å²) in [6, 6.07) is 1.51. The van der Waals surface area contributed by atoms with Gasteiger partial charge in [0.25, 0.3) is 0 Å².